The Morgan fingerprint density at radius 1 is 1.44 bits per heavy atom. The molecule has 0 aliphatic carbocycles. The van der Waals surface area contributed by atoms with Crippen molar-refractivity contribution in [1.29, 1.82) is 0 Å². The Kier molecular flexibility index (Phi) is 4.11. The summed E-state index contributed by atoms with van der Waals surface area (Å²) >= 11 is 3.20. The van der Waals surface area contributed by atoms with Crippen LogP contribution in [-0.4, -0.2) is 17.1 Å². The molecule has 2 aromatic rings. The number of hydrogen-bond donors (Lipinski definition) is 2. The summed E-state index contributed by atoms with van der Waals surface area (Å²) in [6, 6.07) is 7.69. The second-order valence-corrected chi connectivity index (χ2v) is 4.40. The first-order valence-corrected chi connectivity index (χ1v) is 6.08. The highest BCUT2D eigenvalue weighted by Gasteiger charge is 2.07. The minimum Gasteiger partial charge on any atom is -0.380 e. The number of aromatic nitrogens is 2. The van der Waals surface area contributed by atoms with Crippen molar-refractivity contribution in [3.05, 3.63) is 51.0 Å². The molecule has 2 N–H and O–H groups in total. The number of rotatable bonds is 4. The van der Waals surface area contributed by atoms with Crippen molar-refractivity contribution < 1.29 is 4.74 Å². The topological polar surface area (TPSA) is 67.0 Å². The number of nitrogens with one attached hydrogen (secondary N) is 2. The van der Waals surface area contributed by atoms with Crippen LogP contribution in [0.5, 0.6) is 0 Å². The van der Waals surface area contributed by atoms with E-state index >= 15 is 0 Å². The Hall–Kier alpha value is -1.66. The fraction of sp³-hybridized carbons (Fsp3) is 0.167. The van der Waals surface area contributed by atoms with E-state index in [4.69, 9.17) is 4.74 Å². The fourth-order valence-electron chi connectivity index (χ4n) is 1.52. The van der Waals surface area contributed by atoms with E-state index in [1.807, 2.05) is 24.3 Å². The first kappa shape index (κ1) is 12.8. The van der Waals surface area contributed by atoms with Crippen LogP contribution in [0.15, 0.2) is 39.9 Å². The van der Waals surface area contributed by atoms with Gasteiger partial charge in [-0.2, -0.15) is 0 Å². The normalized spacial score (nSPS) is 10.3. The largest absolute Gasteiger partial charge is 0.380 e. The van der Waals surface area contributed by atoms with Crippen LogP contribution >= 0.6 is 15.9 Å². The van der Waals surface area contributed by atoms with Crippen molar-refractivity contribution in [3.63, 3.8) is 0 Å². The number of ether oxygens (including phenoxy) is 1. The first-order chi connectivity index (χ1) is 8.72. The molecule has 0 radical (unpaired) electrons. The number of aromatic amines is 1. The van der Waals surface area contributed by atoms with Gasteiger partial charge in [0.05, 0.1) is 12.9 Å². The van der Waals surface area contributed by atoms with Gasteiger partial charge in [-0.1, -0.05) is 18.2 Å². The van der Waals surface area contributed by atoms with Gasteiger partial charge < -0.3 is 15.0 Å². The predicted molar refractivity (Wildman–Crippen MR) is 73.0 cm³/mol. The molecule has 0 saturated carbocycles. The number of para-hydroxylation sites is 1. The molecule has 0 atom stereocenters. The molecular formula is C12H12BrN3O2. The van der Waals surface area contributed by atoms with Crippen molar-refractivity contribution >= 4 is 27.4 Å². The Morgan fingerprint density at radius 3 is 3.00 bits per heavy atom. The Labute approximate surface area is 112 Å². The van der Waals surface area contributed by atoms with E-state index < -0.39 is 0 Å². The van der Waals surface area contributed by atoms with Gasteiger partial charge in [-0.25, -0.2) is 4.98 Å². The van der Waals surface area contributed by atoms with Gasteiger partial charge in [-0.15, -0.1) is 0 Å². The van der Waals surface area contributed by atoms with Gasteiger partial charge in [0.2, 0.25) is 0 Å². The molecule has 1 heterocycles. The summed E-state index contributed by atoms with van der Waals surface area (Å²) in [5.74, 6) is 0.474. The molecule has 2 rings (SSSR count). The Balaban J connectivity index is 2.34. The van der Waals surface area contributed by atoms with Crippen LogP contribution < -0.4 is 10.9 Å². The summed E-state index contributed by atoms with van der Waals surface area (Å²) < 4.78 is 5.49. The molecule has 5 nitrogen and oxygen atoms in total. The highest BCUT2D eigenvalue weighted by atomic mass is 79.9. The molecule has 6 heteroatoms. The minimum atomic E-state index is -0.225. The number of benzene rings is 1. The van der Waals surface area contributed by atoms with Gasteiger partial charge >= 0.3 is 0 Å². The average molecular weight is 310 g/mol. The molecule has 0 saturated heterocycles. The van der Waals surface area contributed by atoms with Crippen LogP contribution in [-0.2, 0) is 11.3 Å². The third-order valence-corrected chi connectivity index (χ3v) is 3.10. The van der Waals surface area contributed by atoms with Crippen LogP contribution in [0, 0.1) is 0 Å². The van der Waals surface area contributed by atoms with E-state index in [0.29, 0.717) is 16.9 Å². The van der Waals surface area contributed by atoms with E-state index in [1.54, 1.807) is 7.11 Å². The van der Waals surface area contributed by atoms with Crippen LogP contribution in [0.3, 0.4) is 0 Å². The zero-order valence-corrected chi connectivity index (χ0v) is 11.3. The van der Waals surface area contributed by atoms with Crippen molar-refractivity contribution in [2.24, 2.45) is 0 Å². The lowest BCUT2D eigenvalue weighted by Crippen LogP contribution is -2.10. The first-order valence-electron chi connectivity index (χ1n) is 5.29. The molecule has 0 aliphatic rings. The van der Waals surface area contributed by atoms with E-state index in [-0.39, 0.29) is 5.56 Å². The third kappa shape index (κ3) is 2.77. The summed E-state index contributed by atoms with van der Waals surface area (Å²) in [4.78, 5) is 18.0. The summed E-state index contributed by atoms with van der Waals surface area (Å²) in [7, 11) is 1.64. The number of hydrogen-bond acceptors (Lipinski definition) is 4. The number of H-pyrrole nitrogens is 1. The van der Waals surface area contributed by atoms with Crippen molar-refractivity contribution in [3.8, 4) is 0 Å². The molecule has 0 aliphatic heterocycles. The molecule has 0 spiro atoms. The average Bonchev–Trinajstić information content (AvgIpc) is 2.37. The summed E-state index contributed by atoms with van der Waals surface area (Å²) in [6.07, 6.45) is 1.36. The Bertz CT molecular complexity index is 598. The maximum Gasteiger partial charge on any atom is 0.267 e. The summed E-state index contributed by atoms with van der Waals surface area (Å²) in [5.41, 5.74) is 1.63. The fourth-order valence-corrected chi connectivity index (χ4v) is 1.84. The standard InChI is InChI=1S/C12H12BrN3O2/c1-18-6-8-4-2-3-5-9(8)16-11-10(13)12(17)15-7-14-11/h2-5,7H,6H2,1H3,(H2,14,15,16,17). The van der Waals surface area contributed by atoms with Crippen LogP contribution in [0.1, 0.15) is 5.56 Å². The zero-order chi connectivity index (χ0) is 13.0. The van der Waals surface area contributed by atoms with Crippen LogP contribution in [0.4, 0.5) is 11.5 Å². The second-order valence-electron chi connectivity index (χ2n) is 3.61. The molecule has 0 amide bonds. The summed E-state index contributed by atoms with van der Waals surface area (Å²) in [6.45, 7) is 0.490. The number of nitrogens with zero attached hydrogens (tertiary/aromatic N) is 1. The van der Waals surface area contributed by atoms with Gasteiger partial charge in [0.25, 0.3) is 5.56 Å². The van der Waals surface area contributed by atoms with Gasteiger partial charge in [-0.05, 0) is 22.0 Å². The molecule has 0 bridgehead atoms. The molecule has 1 aromatic carbocycles. The smallest absolute Gasteiger partial charge is 0.267 e. The third-order valence-electron chi connectivity index (χ3n) is 2.37. The zero-order valence-electron chi connectivity index (χ0n) is 9.74. The molecular weight excluding hydrogens is 298 g/mol. The molecule has 18 heavy (non-hydrogen) atoms. The van der Waals surface area contributed by atoms with Crippen molar-refractivity contribution in [2.45, 2.75) is 6.61 Å². The maximum atomic E-state index is 11.4. The predicted octanol–water partition coefficient (Wildman–Crippen LogP) is 2.42. The van der Waals surface area contributed by atoms with Gasteiger partial charge in [0, 0.05) is 18.4 Å². The molecule has 0 fully saturated rings. The quantitative estimate of drug-likeness (QED) is 0.910. The lowest BCUT2D eigenvalue weighted by molar-refractivity contribution is 0.185. The van der Waals surface area contributed by atoms with E-state index in [1.165, 1.54) is 6.33 Å². The van der Waals surface area contributed by atoms with Crippen molar-refractivity contribution in [1.82, 2.24) is 9.97 Å². The maximum absolute atomic E-state index is 11.4. The Morgan fingerprint density at radius 2 is 2.22 bits per heavy atom. The van der Waals surface area contributed by atoms with Gasteiger partial charge in [-0.3, -0.25) is 4.79 Å². The SMILES string of the molecule is COCc1ccccc1Nc1nc[nH]c(=O)c1Br. The molecule has 1 aromatic heterocycles. The van der Waals surface area contributed by atoms with E-state index in [0.717, 1.165) is 11.3 Å². The van der Waals surface area contributed by atoms with E-state index in [2.05, 4.69) is 31.2 Å². The minimum absolute atomic E-state index is 0.225. The number of methoxy groups -OCH3 is 1. The van der Waals surface area contributed by atoms with Gasteiger partial charge in [0.1, 0.15) is 4.47 Å². The number of halogens is 1. The highest BCUT2D eigenvalue weighted by Crippen LogP contribution is 2.23. The number of anilines is 2. The monoisotopic (exact) mass is 309 g/mol. The van der Waals surface area contributed by atoms with Crippen LogP contribution in [0.2, 0.25) is 0 Å². The van der Waals surface area contributed by atoms with Gasteiger partial charge in [0.15, 0.2) is 5.82 Å². The highest BCUT2D eigenvalue weighted by molar-refractivity contribution is 9.10. The second kappa shape index (κ2) is 5.79. The van der Waals surface area contributed by atoms with E-state index in [9.17, 15) is 4.79 Å². The molecule has 0 unspecified atom stereocenters. The van der Waals surface area contributed by atoms with Crippen molar-refractivity contribution in [2.75, 3.05) is 12.4 Å². The lowest BCUT2D eigenvalue weighted by Gasteiger charge is -2.11. The molecule has 94 valence electrons. The summed E-state index contributed by atoms with van der Waals surface area (Å²) in [5, 5.41) is 3.11. The van der Waals surface area contributed by atoms with Crippen LogP contribution in [0.25, 0.3) is 0 Å². The lowest BCUT2D eigenvalue weighted by atomic mass is 10.2.